The van der Waals surface area contributed by atoms with Crippen LogP contribution >= 0.6 is 27.5 Å². The predicted octanol–water partition coefficient (Wildman–Crippen LogP) is 4.10. The van der Waals surface area contributed by atoms with E-state index in [-0.39, 0.29) is 0 Å². The summed E-state index contributed by atoms with van der Waals surface area (Å²) in [5.74, 6) is 1.52. The summed E-state index contributed by atoms with van der Waals surface area (Å²) in [7, 11) is 0. The fourth-order valence-electron chi connectivity index (χ4n) is 2.28. The molecule has 0 saturated carbocycles. The summed E-state index contributed by atoms with van der Waals surface area (Å²) >= 11 is 9.77. The minimum absolute atomic E-state index is 0.613. The Morgan fingerprint density at radius 2 is 2.28 bits per heavy atom. The van der Waals surface area contributed by atoms with Gasteiger partial charge in [0.1, 0.15) is 5.75 Å². The van der Waals surface area contributed by atoms with Gasteiger partial charge in [-0.2, -0.15) is 0 Å². The summed E-state index contributed by atoms with van der Waals surface area (Å²) in [6, 6.07) is 2.01. The lowest BCUT2D eigenvalue weighted by molar-refractivity contribution is 0.217. The van der Waals surface area contributed by atoms with Crippen molar-refractivity contribution in [1.82, 2.24) is 5.32 Å². The maximum absolute atomic E-state index is 6.21. The molecule has 1 aromatic rings. The van der Waals surface area contributed by atoms with Crippen LogP contribution in [0.3, 0.4) is 0 Å². The molecular weight excluding hydrogens is 314 g/mol. The van der Waals surface area contributed by atoms with Crippen LogP contribution in [0, 0.1) is 19.8 Å². The Hall–Kier alpha value is -0.250. The third-order valence-corrected chi connectivity index (χ3v) is 5.01. The van der Waals surface area contributed by atoms with Crippen molar-refractivity contribution in [2.75, 3.05) is 19.7 Å². The largest absolute Gasteiger partial charge is 0.492 e. The van der Waals surface area contributed by atoms with E-state index in [1.807, 2.05) is 19.9 Å². The SMILES string of the molecule is Cc1cc(OC[C@H]2CCCNC2)c(Br)c(C)c1Cl. The van der Waals surface area contributed by atoms with Crippen LogP contribution < -0.4 is 10.1 Å². The number of aryl methyl sites for hydroxylation is 1. The van der Waals surface area contributed by atoms with Gasteiger partial charge in [-0.05, 0) is 66.4 Å². The van der Waals surface area contributed by atoms with Crippen molar-refractivity contribution < 1.29 is 4.74 Å². The van der Waals surface area contributed by atoms with Gasteiger partial charge in [0, 0.05) is 17.5 Å². The Morgan fingerprint density at radius 3 is 2.94 bits per heavy atom. The fourth-order valence-corrected chi connectivity index (χ4v) is 2.97. The number of rotatable bonds is 3. The Labute approximate surface area is 122 Å². The molecule has 100 valence electrons. The highest BCUT2D eigenvalue weighted by molar-refractivity contribution is 9.10. The first-order valence-electron chi connectivity index (χ1n) is 6.38. The van der Waals surface area contributed by atoms with Gasteiger partial charge >= 0.3 is 0 Å². The number of piperidine rings is 1. The van der Waals surface area contributed by atoms with Gasteiger partial charge in [-0.25, -0.2) is 0 Å². The second-order valence-corrected chi connectivity index (χ2v) is 6.14. The lowest BCUT2D eigenvalue weighted by Gasteiger charge is -2.23. The number of halogens is 2. The molecule has 0 aliphatic carbocycles. The smallest absolute Gasteiger partial charge is 0.134 e. The van der Waals surface area contributed by atoms with Crippen LogP contribution in [0.5, 0.6) is 5.75 Å². The van der Waals surface area contributed by atoms with Gasteiger partial charge < -0.3 is 10.1 Å². The molecule has 0 bridgehead atoms. The first-order chi connectivity index (χ1) is 8.59. The lowest BCUT2D eigenvalue weighted by Crippen LogP contribution is -2.33. The van der Waals surface area contributed by atoms with E-state index >= 15 is 0 Å². The zero-order chi connectivity index (χ0) is 13.1. The average molecular weight is 333 g/mol. The molecule has 1 N–H and O–H groups in total. The molecular formula is C14H19BrClNO. The Balaban J connectivity index is 2.05. The maximum atomic E-state index is 6.21. The van der Waals surface area contributed by atoms with E-state index in [2.05, 4.69) is 21.2 Å². The summed E-state index contributed by atoms with van der Waals surface area (Å²) in [5.41, 5.74) is 2.11. The molecule has 0 radical (unpaired) electrons. The Morgan fingerprint density at radius 1 is 1.50 bits per heavy atom. The van der Waals surface area contributed by atoms with Crippen molar-refractivity contribution in [3.8, 4) is 5.75 Å². The third-order valence-electron chi connectivity index (χ3n) is 3.44. The molecule has 1 atom stereocenters. The van der Waals surface area contributed by atoms with Crippen LogP contribution in [0.25, 0.3) is 0 Å². The van der Waals surface area contributed by atoms with Crippen LogP contribution in [0.2, 0.25) is 5.02 Å². The molecule has 0 spiro atoms. The highest BCUT2D eigenvalue weighted by atomic mass is 79.9. The number of hydrogen-bond acceptors (Lipinski definition) is 2. The molecule has 2 rings (SSSR count). The number of nitrogens with one attached hydrogen (secondary N) is 1. The molecule has 0 amide bonds. The van der Waals surface area contributed by atoms with Crippen molar-refractivity contribution >= 4 is 27.5 Å². The van der Waals surface area contributed by atoms with E-state index in [9.17, 15) is 0 Å². The summed E-state index contributed by atoms with van der Waals surface area (Å²) < 4.78 is 6.92. The van der Waals surface area contributed by atoms with E-state index in [1.54, 1.807) is 0 Å². The van der Waals surface area contributed by atoms with Gasteiger partial charge in [0.05, 0.1) is 11.1 Å². The highest BCUT2D eigenvalue weighted by Crippen LogP contribution is 2.36. The third kappa shape index (κ3) is 3.19. The molecule has 1 aliphatic heterocycles. The first-order valence-corrected chi connectivity index (χ1v) is 7.55. The Bertz CT molecular complexity index is 430. The standard InChI is InChI=1S/C14H19BrClNO/c1-9-6-12(13(15)10(2)14(9)16)18-8-11-4-3-5-17-7-11/h6,11,17H,3-5,7-8H2,1-2H3/t11-/m0/s1. The summed E-state index contributed by atoms with van der Waals surface area (Å²) in [6.07, 6.45) is 2.49. The predicted molar refractivity (Wildman–Crippen MR) is 79.7 cm³/mol. The monoisotopic (exact) mass is 331 g/mol. The van der Waals surface area contributed by atoms with Crippen molar-refractivity contribution in [3.63, 3.8) is 0 Å². The van der Waals surface area contributed by atoms with E-state index in [0.29, 0.717) is 5.92 Å². The second-order valence-electron chi connectivity index (χ2n) is 4.97. The van der Waals surface area contributed by atoms with Crippen LogP contribution in [0.1, 0.15) is 24.0 Å². The van der Waals surface area contributed by atoms with E-state index < -0.39 is 0 Å². The van der Waals surface area contributed by atoms with E-state index in [0.717, 1.165) is 46.1 Å². The van der Waals surface area contributed by atoms with Crippen LogP contribution in [-0.2, 0) is 0 Å². The van der Waals surface area contributed by atoms with Crippen molar-refractivity contribution in [3.05, 3.63) is 26.7 Å². The normalized spacial score (nSPS) is 19.9. The van der Waals surface area contributed by atoms with Gasteiger partial charge in [0.15, 0.2) is 0 Å². The first kappa shape index (κ1) is 14.2. The lowest BCUT2D eigenvalue weighted by atomic mass is 10.0. The quantitative estimate of drug-likeness (QED) is 0.900. The summed E-state index contributed by atoms with van der Waals surface area (Å²) in [4.78, 5) is 0. The van der Waals surface area contributed by atoms with Gasteiger partial charge in [-0.15, -0.1) is 0 Å². The molecule has 1 aliphatic rings. The molecule has 4 heteroatoms. The number of ether oxygens (including phenoxy) is 1. The minimum atomic E-state index is 0.613. The van der Waals surface area contributed by atoms with E-state index in [4.69, 9.17) is 16.3 Å². The van der Waals surface area contributed by atoms with Crippen molar-refractivity contribution in [2.45, 2.75) is 26.7 Å². The molecule has 1 fully saturated rings. The highest BCUT2D eigenvalue weighted by Gasteiger charge is 2.16. The maximum Gasteiger partial charge on any atom is 0.134 e. The second kappa shape index (κ2) is 6.27. The molecule has 1 saturated heterocycles. The zero-order valence-electron chi connectivity index (χ0n) is 10.9. The topological polar surface area (TPSA) is 21.3 Å². The van der Waals surface area contributed by atoms with Crippen molar-refractivity contribution in [2.24, 2.45) is 5.92 Å². The van der Waals surface area contributed by atoms with Crippen LogP contribution in [0.15, 0.2) is 10.5 Å². The fraction of sp³-hybridized carbons (Fsp3) is 0.571. The molecule has 2 nitrogen and oxygen atoms in total. The van der Waals surface area contributed by atoms with Gasteiger partial charge in [-0.3, -0.25) is 0 Å². The van der Waals surface area contributed by atoms with Gasteiger partial charge in [0.2, 0.25) is 0 Å². The molecule has 0 unspecified atom stereocenters. The minimum Gasteiger partial charge on any atom is -0.492 e. The van der Waals surface area contributed by atoms with Gasteiger partial charge in [-0.1, -0.05) is 11.6 Å². The zero-order valence-corrected chi connectivity index (χ0v) is 13.2. The molecule has 18 heavy (non-hydrogen) atoms. The summed E-state index contributed by atoms with van der Waals surface area (Å²) in [6.45, 7) is 6.99. The van der Waals surface area contributed by atoms with Crippen molar-refractivity contribution in [1.29, 1.82) is 0 Å². The van der Waals surface area contributed by atoms with E-state index in [1.165, 1.54) is 12.8 Å². The Kier molecular flexibility index (Phi) is 4.93. The van der Waals surface area contributed by atoms with Gasteiger partial charge in [0.25, 0.3) is 0 Å². The molecule has 0 aromatic heterocycles. The number of hydrogen-bond donors (Lipinski definition) is 1. The average Bonchev–Trinajstić information content (AvgIpc) is 2.40. The summed E-state index contributed by atoms with van der Waals surface area (Å²) in [5, 5.41) is 4.22. The van der Waals surface area contributed by atoms with Crippen LogP contribution in [-0.4, -0.2) is 19.7 Å². The van der Waals surface area contributed by atoms with Crippen LogP contribution in [0.4, 0.5) is 0 Å². The molecule has 1 aromatic carbocycles. The molecule has 1 heterocycles. The number of benzene rings is 1.